The lowest BCUT2D eigenvalue weighted by molar-refractivity contribution is -0.160. The third-order valence-electron chi connectivity index (χ3n) is 9.09. The Bertz CT molecular complexity index is 529. The van der Waals surface area contributed by atoms with E-state index in [-0.39, 0.29) is 29.0 Å². The molecule has 9 atom stereocenters. The fraction of sp³-hybridized carbons (Fsp3) is 0.952. The lowest BCUT2D eigenvalue weighted by atomic mass is 9.44. The summed E-state index contributed by atoms with van der Waals surface area (Å²) in [4.78, 5) is 13.0. The van der Waals surface area contributed by atoms with Gasteiger partial charge < -0.3 is 10.2 Å². The van der Waals surface area contributed by atoms with Crippen molar-refractivity contribution in [2.24, 2.45) is 40.4 Å². The number of aliphatic hydroxyl groups is 2. The summed E-state index contributed by atoms with van der Waals surface area (Å²) in [5, 5.41) is 20.4. The van der Waals surface area contributed by atoms with Crippen LogP contribution in [-0.4, -0.2) is 28.2 Å². The number of fused-ring (bicyclic) bond motifs is 5. The van der Waals surface area contributed by atoms with E-state index in [2.05, 4.69) is 13.8 Å². The molecule has 0 amide bonds. The van der Waals surface area contributed by atoms with Crippen LogP contribution in [0.1, 0.15) is 72.1 Å². The van der Waals surface area contributed by atoms with Crippen molar-refractivity contribution in [3.05, 3.63) is 0 Å². The van der Waals surface area contributed by atoms with Crippen molar-refractivity contribution in [3.8, 4) is 0 Å². The Balaban J connectivity index is 1.66. The van der Waals surface area contributed by atoms with Crippen LogP contribution in [0.3, 0.4) is 0 Å². The van der Waals surface area contributed by atoms with Crippen LogP contribution >= 0.6 is 0 Å². The maximum Gasteiger partial charge on any atom is 0.136 e. The Morgan fingerprint density at radius 2 is 1.71 bits per heavy atom. The Hall–Kier alpha value is -0.410. The average Bonchev–Trinajstić information content (AvgIpc) is 2.87. The lowest BCUT2D eigenvalue weighted by Crippen LogP contribution is -2.57. The Morgan fingerprint density at radius 3 is 2.42 bits per heavy atom. The predicted octanol–water partition coefficient (Wildman–Crippen LogP) is 3.57. The third-order valence-corrected chi connectivity index (χ3v) is 9.09. The molecule has 4 fully saturated rings. The minimum absolute atomic E-state index is 0.0841. The molecule has 136 valence electrons. The summed E-state index contributed by atoms with van der Waals surface area (Å²) in [5.41, 5.74) is 0.316. The van der Waals surface area contributed by atoms with Crippen LogP contribution < -0.4 is 0 Å². The highest BCUT2D eigenvalue weighted by atomic mass is 16.3. The van der Waals surface area contributed by atoms with Gasteiger partial charge in [0.2, 0.25) is 0 Å². The largest absolute Gasteiger partial charge is 0.393 e. The van der Waals surface area contributed by atoms with Crippen LogP contribution in [0.25, 0.3) is 0 Å². The fourth-order valence-electron chi connectivity index (χ4n) is 7.85. The Kier molecular flexibility index (Phi) is 3.93. The average molecular weight is 335 g/mol. The van der Waals surface area contributed by atoms with E-state index < -0.39 is 0 Å². The van der Waals surface area contributed by atoms with Crippen LogP contribution in [0.5, 0.6) is 0 Å². The smallest absolute Gasteiger partial charge is 0.136 e. The van der Waals surface area contributed by atoms with Crippen molar-refractivity contribution in [1.82, 2.24) is 0 Å². The highest BCUT2D eigenvalue weighted by molar-refractivity contribution is 5.83. The van der Waals surface area contributed by atoms with Gasteiger partial charge in [-0.15, -0.1) is 0 Å². The first-order valence-corrected chi connectivity index (χ1v) is 10.2. The highest BCUT2D eigenvalue weighted by Crippen LogP contribution is 2.67. The van der Waals surface area contributed by atoms with Gasteiger partial charge in [0.05, 0.1) is 12.2 Å². The van der Waals surface area contributed by atoms with Crippen LogP contribution in [0, 0.1) is 40.4 Å². The normalized spacial score (nSPS) is 55.5. The zero-order valence-corrected chi connectivity index (χ0v) is 15.5. The van der Waals surface area contributed by atoms with Gasteiger partial charge in [0, 0.05) is 12.3 Å². The Morgan fingerprint density at radius 1 is 1.04 bits per heavy atom. The number of carbonyl (C=O) groups is 1. The minimum atomic E-state index is -0.275. The van der Waals surface area contributed by atoms with E-state index in [9.17, 15) is 15.0 Å². The summed E-state index contributed by atoms with van der Waals surface area (Å²) in [5.74, 6) is 2.65. The predicted molar refractivity (Wildman–Crippen MR) is 93.3 cm³/mol. The number of hydrogen-bond donors (Lipinski definition) is 2. The maximum atomic E-state index is 13.0. The van der Waals surface area contributed by atoms with Crippen molar-refractivity contribution in [1.29, 1.82) is 0 Å². The number of aliphatic hydroxyl groups excluding tert-OH is 2. The zero-order chi connectivity index (χ0) is 17.3. The summed E-state index contributed by atoms with van der Waals surface area (Å²) in [6.45, 7) is 6.69. The van der Waals surface area contributed by atoms with Gasteiger partial charge in [0.25, 0.3) is 0 Å². The number of rotatable bonds is 1. The minimum Gasteiger partial charge on any atom is -0.393 e. The molecule has 0 unspecified atom stereocenters. The molecule has 24 heavy (non-hydrogen) atoms. The molecule has 0 aromatic carbocycles. The standard InChI is InChI=1S/C21H34O3/c1-12(22)15-4-5-16-14-11-19(24)18-10-13(23)6-8-21(18,3)17(14)7-9-20(15,16)2/h12-18,22-23H,4-11H2,1-3H3/t12-,13+,14-,15-,16+,17-,18-,20-,21+/m1/s1. The molecule has 0 aromatic rings. The second-order valence-corrected chi connectivity index (χ2v) is 10.0. The highest BCUT2D eigenvalue weighted by Gasteiger charge is 2.62. The van der Waals surface area contributed by atoms with Crippen molar-refractivity contribution in [2.45, 2.75) is 84.3 Å². The topological polar surface area (TPSA) is 57.5 Å². The van der Waals surface area contributed by atoms with Gasteiger partial charge in [-0.3, -0.25) is 4.79 Å². The van der Waals surface area contributed by atoms with E-state index in [4.69, 9.17) is 0 Å². The second kappa shape index (κ2) is 5.54. The van der Waals surface area contributed by atoms with Crippen LogP contribution in [0.15, 0.2) is 0 Å². The van der Waals surface area contributed by atoms with Crippen molar-refractivity contribution in [3.63, 3.8) is 0 Å². The molecular formula is C21H34O3. The van der Waals surface area contributed by atoms with Crippen molar-refractivity contribution >= 4 is 5.78 Å². The fourth-order valence-corrected chi connectivity index (χ4v) is 7.85. The Labute approximate surface area is 146 Å². The van der Waals surface area contributed by atoms with Gasteiger partial charge in [-0.2, -0.15) is 0 Å². The molecule has 4 aliphatic rings. The first-order valence-electron chi connectivity index (χ1n) is 10.2. The summed E-state index contributed by atoms with van der Waals surface area (Å²) in [7, 11) is 0. The van der Waals surface area contributed by atoms with Crippen molar-refractivity contribution < 1.29 is 15.0 Å². The lowest BCUT2D eigenvalue weighted by Gasteiger charge is -2.60. The van der Waals surface area contributed by atoms with Gasteiger partial charge in [-0.1, -0.05) is 13.8 Å². The number of Topliss-reactive ketones (excluding diaryl/α,β-unsaturated/α-hetero) is 1. The van der Waals surface area contributed by atoms with Crippen molar-refractivity contribution in [2.75, 3.05) is 0 Å². The quantitative estimate of drug-likeness (QED) is 0.771. The van der Waals surface area contributed by atoms with Crippen LogP contribution in [0.2, 0.25) is 0 Å². The molecule has 4 saturated carbocycles. The molecule has 0 aromatic heterocycles. The van der Waals surface area contributed by atoms with E-state index in [1.807, 2.05) is 6.92 Å². The first kappa shape index (κ1) is 17.0. The molecule has 3 heteroatoms. The molecular weight excluding hydrogens is 300 g/mol. The molecule has 0 bridgehead atoms. The van der Waals surface area contributed by atoms with Gasteiger partial charge in [0.15, 0.2) is 0 Å². The van der Waals surface area contributed by atoms with E-state index in [1.165, 1.54) is 19.3 Å². The molecule has 0 spiro atoms. The SMILES string of the molecule is C[C@@H](O)[C@H]1CC[C@H]2[C@H]3CC(=O)[C@H]4C[C@@H](O)CC[C@@]4(C)[C@@H]3CC[C@]12C. The molecule has 0 saturated heterocycles. The summed E-state index contributed by atoms with van der Waals surface area (Å²) in [6.07, 6.45) is 7.49. The van der Waals surface area contributed by atoms with Gasteiger partial charge in [-0.05, 0) is 86.4 Å². The molecule has 0 heterocycles. The molecule has 3 nitrogen and oxygen atoms in total. The summed E-state index contributed by atoms with van der Waals surface area (Å²) < 4.78 is 0. The van der Waals surface area contributed by atoms with Gasteiger partial charge >= 0.3 is 0 Å². The number of carbonyl (C=O) groups excluding carboxylic acids is 1. The first-order chi connectivity index (χ1) is 11.3. The zero-order valence-electron chi connectivity index (χ0n) is 15.5. The second-order valence-electron chi connectivity index (χ2n) is 10.0. The molecule has 0 aliphatic heterocycles. The number of ketones is 1. The summed E-state index contributed by atoms with van der Waals surface area (Å²) >= 11 is 0. The molecule has 2 N–H and O–H groups in total. The third kappa shape index (κ3) is 2.19. The van der Waals surface area contributed by atoms with E-state index in [0.717, 1.165) is 25.7 Å². The van der Waals surface area contributed by atoms with E-state index in [0.29, 0.717) is 35.9 Å². The summed E-state index contributed by atoms with van der Waals surface area (Å²) in [6, 6.07) is 0. The van der Waals surface area contributed by atoms with Gasteiger partial charge in [-0.25, -0.2) is 0 Å². The molecule has 4 aliphatic carbocycles. The van der Waals surface area contributed by atoms with E-state index >= 15 is 0 Å². The van der Waals surface area contributed by atoms with E-state index in [1.54, 1.807) is 0 Å². The number of hydrogen-bond acceptors (Lipinski definition) is 3. The van der Waals surface area contributed by atoms with Gasteiger partial charge in [0.1, 0.15) is 5.78 Å². The molecule has 4 rings (SSSR count). The van der Waals surface area contributed by atoms with Crippen LogP contribution in [0.4, 0.5) is 0 Å². The monoisotopic (exact) mass is 334 g/mol. The van der Waals surface area contributed by atoms with Crippen LogP contribution in [-0.2, 0) is 4.79 Å². The maximum absolute atomic E-state index is 13.0. The molecule has 0 radical (unpaired) electrons.